The van der Waals surface area contributed by atoms with E-state index < -0.39 is 5.97 Å². The predicted octanol–water partition coefficient (Wildman–Crippen LogP) is 1.66. The number of carboxylic acid groups (broad SMARTS) is 1. The van der Waals surface area contributed by atoms with Crippen LogP contribution in [0.2, 0.25) is 0 Å². The first kappa shape index (κ1) is 10.5. The molecule has 1 aromatic carbocycles. The van der Waals surface area contributed by atoms with Crippen molar-refractivity contribution in [1.82, 2.24) is 19.7 Å². The van der Waals surface area contributed by atoms with Gasteiger partial charge < -0.3 is 10.1 Å². The summed E-state index contributed by atoms with van der Waals surface area (Å²) in [6, 6.07) is 6.63. The van der Waals surface area contributed by atoms with Crippen LogP contribution >= 0.6 is 0 Å². The van der Waals surface area contributed by atoms with E-state index in [-0.39, 0.29) is 5.56 Å². The standard InChI is InChI=1S/C12H10N4O2/c1-16-5-4-9(15-16)11-13-8-3-2-7(12(17)18)6-10(8)14-11/h2-6H,1H3,(H,13,14)(H,17,18). The van der Waals surface area contributed by atoms with Gasteiger partial charge in [-0.15, -0.1) is 0 Å². The van der Waals surface area contributed by atoms with Gasteiger partial charge in [-0.1, -0.05) is 0 Å². The van der Waals surface area contributed by atoms with E-state index in [0.29, 0.717) is 11.3 Å². The molecule has 0 fully saturated rings. The Bertz CT molecular complexity index is 741. The van der Waals surface area contributed by atoms with Gasteiger partial charge in [-0.05, 0) is 24.3 Å². The van der Waals surface area contributed by atoms with Crippen LogP contribution in [0.5, 0.6) is 0 Å². The third-order valence-corrected chi connectivity index (χ3v) is 2.69. The first-order chi connectivity index (χ1) is 8.63. The van der Waals surface area contributed by atoms with Crippen molar-refractivity contribution in [2.24, 2.45) is 7.05 Å². The molecule has 2 aromatic heterocycles. The first-order valence-corrected chi connectivity index (χ1v) is 5.36. The Morgan fingerprint density at radius 3 is 2.89 bits per heavy atom. The third-order valence-electron chi connectivity index (χ3n) is 2.69. The van der Waals surface area contributed by atoms with E-state index in [0.717, 1.165) is 11.2 Å². The third kappa shape index (κ3) is 1.64. The Balaban J connectivity index is 2.13. The van der Waals surface area contributed by atoms with Crippen LogP contribution in [0.1, 0.15) is 10.4 Å². The lowest BCUT2D eigenvalue weighted by Crippen LogP contribution is -1.94. The lowest BCUT2D eigenvalue weighted by molar-refractivity contribution is 0.0697. The molecule has 0 unspecified atom stereocenters. The van der Waals surface area contributed by atoms with Crippen molar-refractivity contribution in [1.29, 1.82) is 0 Å². The molecule has 6 nitrogen and oxygen atoms in total. The molecule has 2 N–H and O–H groups in total. The normalized spacial score (nSPS) is 10.9. The second kappa shape index (κ2) is 3.69. The average molecular weight is 242 g/mol. The molecular weight excluding hydrogens is 232 g/mol. The van der Waals surface area contributed by atoms with Crippen molar-refractivity contribution < 1.29 is 9.90 Å². The molecule has 18 heavy (non-hydrogen) atoms. The molecule has 6 heteroatoms. The minimum atomic E-state index is -0.953. The van der Waals surface area contributed by atoms with Gasteiger partial charge in [-0.3, -0.25) is 4.68 Å². The summed E-state index contributed by atoms with van der Waals surface area (Å²) in [5, 5.41) is 13.2. The number of benzene rings is 1. The lowest BCUT2D eigenvalue weighted by atomic mass is 10.2. The number of carboxylic acids is 1. The molecule has 0 aliphatic carbocycles. The second-order valence-corrected chi connectivity index (χ2v) is 4.00. The Kier molecular flexibility index (Phi) is 2.16. The van der Waals surface area contributed by atoms with Crippen LogP contribution in [0.4, 0.5) is 0 Å². The molecule has 90 valence electrons. The highest BCUT2D eigenvalue weighted by molar-refractivity contribution is 5.92. The number of fused-ring (bicyclic) bond motifs is 1. The van der Waals surface area contributed by atoms with Gasteiger partial charge in [0.1, 0.15) is 5.69 Å². The van der Waals surface area contributed by atoms with Gasteiger partial charge >= 0.3 is 5.97 Å². The van der Waals surface area contributed by atoms with Gasteiger partial charge in [0.2, 0.25) is 0 Å². The summed E-state index contributed by atoms with van der Waals surface area (Å²) in [4.78, 5) is 18.3. The summed E-state index contributed by atoms with van der Waals surface area (Å²) in [6.45, 7) is 0. The lowest BCUT2D eigenvalue weighted by Gasteiger charge is -1.92. The number of aromatic amines is 1. The van der Waals surface area contributed by atoms with Crippen LogP contribution in [0, 0.1) is 0 Å². The molecular formula is C12H10N4O2. The van der Waals surface area contributed by atoms with Crippen molar-refractivity contribution in [2.75, 3.05) is 0 Å². The minimum Gasteiger partial charge on any atom is -0.478 e. The van der Waals surface area contributed by atoms with Gasteiger partial charge in [-0.25, -0.2) is 9.78 Å². The fraction of sp³-hybridized carbons (Fsp3) is 0.0833. The van der Waals surface area contributed by atoms with E-state index in [1.165, 1.54) is 6.07 Å². The van der Waals surface area contributed by atoms with Crippen molar-refractivity contribution >= 4 is 17.0 Å². The predicted molar refractivity (Wildman–Crippen MR) is 65.3 cm³/mol. The fourth-order valence-corrected chi connectivity index (χ4v) is 1.81. The molecule has 2 heterocycles. The molecule has 0 aliphatic rings. The quantitative estimate of drug-likeness (QED) is 0.715. The number of hydrogen-bond acceptors (Lipinski definition) is 3. The van der Waals surface area contributed by atoms with Crippen LogP contribution in [0.25, 0.3) is 22.6 Å². The summed E-state index contributed by atoms with van der Waals surface area (Å²) in [5.74, 6) is -0.320. The van der Waals surface area contributed by atoms with Crippen molar-refractivity contribution in [2.45, 2.75) is 0 Å². The van der Waals surface area contributed by atoms with Crippen molar-refractivity contribution in [3.63, 3.8) is 0 Å². The highest BCUT2D eigenvalue weighted by Gasteiger charge is 2.10. The minimum absolute atomic E-state index is 0.235. The van der Waals surface area contributed by atoms with Gasteiger partial charge in [0.25, 0.3) is 0 Å². The maximum absolute atomic E-state index is 10.9. The van der Waals surface area contributed by atoms with Crippen molar-refractivity contribution in [3.8, 4) is 11.5 Å². The van der Waals surface area contributed by atoms with E-state index in [2.05, 4.69) is 15.1 Å². The average Bonchev–Trinajstić information content (AvgIpc) is 2.93. The Labute approximate surface area is 102 Å². The van der Waals surface area contributed by atoms with E-state index in [1.54, 1.807) is 16.8 Å². The Hall–Kier alpha value is -2.63. The number of H-pyrrole nitrogens is 1. The number of imidazole rings is 1. The van der Waals surface area contributed by atoms with Crippen LogP contribution in [-0.4, -0.2) is 30.8 Å². The van der Waals surface area contributed by atoms with E-state index in [4.69, 9.17) is 5.11 Å². The molecule has 0 amide bonds. The molecule has 3 aromatic rings. The molecule has 3 rings (SSSR count). The van der Waals surface area contributed by atoms with Gasteiger partial charge in [0.15, 0.2) is 5.82 Å². The van der Waals surface area contributed by atoms with Gasteiger partial charge in [0.05, 0.1) is 16.6 Å². The van der Waals surface area contributed by atoms with E-state index >= 15 is 0 Å². The number of rotatable bonds is 2. The SMILES string of the molecule is Cn1ccc(-c2nc3ccc(C(=O)O)cc3[nH]2)n1. The first-order valence-electron chi connectivity index (χ1n) is 5.36. The Morgan fingerprint density at radius 2 is 2.22 bits per heavy atom. The molecule has 0 saturated carbocycles. The second-order valence-electron chi connectivity index (χ2n) is 4.00. The number of aryl methyl sites for hydroxylation is 1. The summed E-state index contributed by atoms with van der Waals surface area (Å²) < 4.78 is 1.69. The molecule has 0 radical (unpaired) electrons. The zero-order valence-electron chi connectivity index (χ0n) is 9.58. The molecule has 0 atom stereocenters. The highest BCUT2D eigenvalue weighted by atomic mass is 16.4. The zero-order chi connectivity index (χ0) is 12.7. The van der Waals surface area contributed by atoms with E-state index in [1.807, 2.05) is 19.3 Å². The van der Waals surface area contributed by atoms with Crippen LogP contribution in [0.3, 0.4) is 0 Å². The summed E-state index contributed by atoms with van der Waals surface area (Å²) in [7, 11) is 1.83. The smallest absolute Gasteiger partial charge is 0.335 e. The van der Waals surface area contributed by atoms with Crippen LogP contribution in [0.15, 0.2) is 30.5 Å². The Morgan fingerprint density at radius 1 is 1.39 bits per heavy atom. The zero-order valence-corrected chi connectivity index (χ0v) is 9.58. The molecule has 0 spiro atoms. The summed E-state index contributed by atoms with van der Waals surface area (Å²) >= 11 is 0. The maximum Gasteiger partial charge on any atom is 0.335 e. The maximum atomic E-state index is 10.9. The van der Waals surface area contributed by atoms with Crippen LogP contribution < -0.4 is 0 Å². The van der Waals surface area contributed by atoms with Gasteiger partial charge in [-0.2, -0.15) is 5.10 Å². The topological polar surface area (TPSA) is 83.8 Å². The fourth-order valence-electron chi connectivity index (χ4n) is 1.81. The number of aromatic nitrogens is 4. The molecule has 0 bridgehead atoms. The highest BCUT2D eigenvalue weighted by Crippen LogP contribution is 2.19. The number of nitrogens with zero attached hydrogens (tertiary/aromatic N) is 3. The number of hydrogen-bond donors (Lipinski definition) is 2. The monoisotopic (exact) mass is 242 g/mol. The molecule has 0 aliphatic heterocycles. The number of carbonyl (C=O) groups is 1. The van der Waals surface area contributed by atoms with Gasteiger partial charge in [0, 0.05) is 13.2 Å². The van der Waals surface area contributed by atoms with Crippen LogP contribution in [-0.2, 0) is 7.05 Å². The van der Waals surface area contributed by atoms with Crippen molar-refractivity contribution in [3.05, 3.63) is 36.0 Å². The number of aromatic carboxylic acids is 1. The number of nitrogens with one attached hydrogen (secondary N) is 1. The molecule has 0 saturated heterocycles. The summed E-state index contributed by atoms with van der Waals surface area (Å²) in [5.41, 5.74) is 2.38. The largest absolute Gasteiger partial charge is 0.478 e. The van der Waals surface area contributed by atoms with E-state index in [9.17, 15) is 4.79 Å². The summed E-state index contributed by atoms with van der Waals surface area (Å²) in [6.07, 6.45) is 1.82.